The predicted octanol–water partition coefficient (Wildman–Crippen LogP) is 2.80. The number of aromatic nitrogens is 2. The van der Waals surface area contributed by atoms with E-state index in [9.17, 15) is 8.78 Å². The largest absolute Gasteiger partial charge is 0.493 e. The molecule has 100 valence electrons. The van der Waals surface area contributed by atoms with Crippen LogP contribution in [0.2, 0.25) is 0 Å². The lowest BCUT2D eigenvalue weighted by molar-refractivity contribution is 0.151. The van der Waals surface area contributed by atoms with E-state index in [0.29, 0.717) is 0 Å². The summed E-state index contributed by atoms with van der Waals surface area (Å²) in [6.07, 6.45) is 0.245. The van der Waals surface area contributed by atoms with E-state index in [1.807, 2.05) is 0 Å². The zero-order chi connectivity index (χ0) is 13.8. The molecule has 1 aromatic carbocycles. The van der Waals surface area contributed by atoms with Gasteiger partial charge in [0.1, 0.15) is 0 Å². The van der Waals surface area contributed by atoms with Crippen molar-refractivity contribution in [3.05, 3.63) is 36.2 Å². The second-order valence-electron chi connectivity index (χ2n) is 3.56. The van der Waals surface area contributed by atoms with Crippen LogP contribution >= 0.6 is 0 Å². The highest BCUT2D eigenvalue weighted by atomic mass is 19.3. The van der Waals surface area contributed by atoms with Crippen LogP contribution in [-0.4, -0.2) is 17.1 Å². The molecule has 1 heterocycles. The van der Waals surface area contributed by atoms with Gasteiger partial charge in [-0.1, -0.05) is 0 Å². The SMILES string of the molecule is COc1cc(C(F)F)ccc1Oc1nccnc1N. The number of anilines is 1. The van der Waals surface area contributed by atoms with Crippen molar-refractivity contribution in [1.29, 1.82) is 0 Å². The van der Waals surface area contributed by atoms with E-state index in [0.717, 1.165) is 0 Å². The Labute approximate surface area is 108 Å². The highest BCUT2D eigenvalue weighted by Crippen LogP contribution is 2.35. The van der Waals surface area contributed by atoms with E-state index < -0.39 is 6.43 Å². The first-order valence-electron chi connectivity index (χ1n) is 5.32. The molecular formula is C12H11F2N3O2. The Balaban J connectivity index is 2.33. The maximum atomic E-state index is 12.6. The van der Waals surface area contributed by atoms with Gasteiger partial charge in [0, 0.05) is 18.0 Å². The molecule has 2 rings (SSSR count). The summed E-state index contributed by atoms with van der Waals surface area (Å²) in [5.74, 6) is 0.593. The van der Waals surface area contributed by atoms with Crippen LogP contribution in [0, 0.1) is 0 Å². The highest BCUT2D eigenvalue weighted by Gasteiger charge is 2.14. The fourth-order valence-corrected chi connectivity index (χ4v) is 1.42. The van der Waals surface area contributed by atoms with Gasteiger partial charge in [0.25, 0.3) is 12.3 Å². The molecule has 0 aliphatic carbocycles. The molecule has 2 aromatic rings. The van der Waals surface area contributed by atoms with E-state index >= 15 is 0 Å². The van der Waals surface area contributed by atoms with Crippen molar-refractivity contribution in [2.75, 3.05) is 12.8 Å². The number of benzene rings is 1. The number of rotatable bonds is 4. The fourth-order valence-electron chi connectivity index (χ4n) is 1.42. The molecule has 1 aromatic heterocycles. The van der Waals surface area contributed by atoms with Crippen molar-refractivity contribution in [2.45, 2.75) is 6.43 Å². The minimum Gasteiger partial charge on any atom is -0.493 e. The molecule has 0 fully saturated rings. The normalized spacial score (nSPS) is 10.5. The number of ether oxygens (including phenoxy) is 2. The summed E-state index contributed by atoms with van der Waals surface area (Å²) < 4.78 is 35.5. The molecule has 0 atom stereocenters. The Kier molecular flexibility index (Phi) is 3.74. The van der Waals surface area contributed by atoms with Crippen molar-refractivity contribution in [3.63, 3.8) is 0 Å². The third-order valence-electron chi connectivity index (χ3n) is 2.34. The summed E-state index contributed by atoms with van der Waals surface area (Å²) >= 11 is 0. The number of methoxy groups -OCH3 is 1. The summed E-state index contributed by atoms with van der Waals surface area (Å²) in [7, 11) is 1.36. The number of nitrogens with two attached hydrogens (primary N) is 1. The number of nitrogen functional groups attached to an aromatic ring is 1. The first-order chi connectivity index (χ1) is 9.11. The summed E-state index contributed by atoms with van der Waals surface area (Å²) in [5, 5.41) is 0. The molecule has 0 aliphatic heterocycles. The van der Waals surface area contributed by atoms with Crippen LogP contribution in [0.1, 0.15) is 12.0 Å². The number of halogens is 2. The van der Waals surface area contributed by atoms with E-state index in [1.54, 1.807) is 0 Å². The second-order valence-corrected chi connectivity index (χ2v) is 3.56. The molecule has 0 spiro atoms. The molecular weight excluding hydrogens is 256 g/mol. The molecule has 7 heteroatoms. The van der Waals surface area contributed by atoms with Crippen LogP contribution in [-0.2, 0) is 0 Å². The number of hydrogen-bond acceptors (Lipinski definition) is 5. The molecule has 0 bridgehead atoms. The number of alkyl halides is 2. The smallest absolute Gasteiger partial charge is 0.263 e. The molecule has 0 radical (unpaired) electrons. The molecule has 5 nitrogen and oxygen atoms in total. The van der Waals surface area contributed by atoms with Crippen molar-refractivity contribution in [2.24, 2.45) is 0 Å². The van der Waals surface area contributed by atoms with Gasteiger partial charge < -0.3 is 15.2 Å². The van der Waals surface area contributed by atoms with Crippen molar-refractivity contribution in [3.8, 4) is 17.4 Å². The maximum absolute atomic E-state index is 12.6. The summed E-state index contributed by atoms with van der Waals surface area (Å²) in [5.41, 5.74) is 5.42. The van der Waals surface area contributed by atoms with E-state index in [2.05, 4.69) is 9.97 Å². The van der Waals surface area contributed by atoms with Crippen LogP contribution in [0.4, 0.5) is 14.6 Å². The lowest BCUT2D eigenvalue weighted by atomic mass is 10.2. The van der Waals surface area contributed by atoms with E-state index in [4.69, 9.17) is 15.2 Å². The fraction of sp³-hybridized carbons (Fsp3) is 0.167. The Morgan fingerprint density at radius 2 is 1.89 bits per heavy atom. The van der Waals surface area contributed by atoms with E-state index in [1.165, 1.54) is 37.7 Å². The van der Waals surface area contributed by atoms with Crippen LogP contribution in [0.25, 0.3) is 0 Å². The minimum absolute atomic E-state index is 0.0885. The molecule has 0 amide bonds. The van der Waals surface area contributed by atoms with Gasteiger partial charge in [-0.2, -0.15) is 0 Å². The van der Waals surface area contributed by atoms with Crippen molar-refractivity contribution >= 4 is 5.82 Å². The molecule has 19 heavy (non-hydrogen) atoms. The van der Waals surface area contributed by atoms with Crippen LogP contribution in [0.5, 0.6) is 17.4 Å². The summed E-state index contributed by atoms with van der Waals surface area (Å²) in [6, 6.07) is 3.82. The van der Waals surface area contributed by atoms with E-state index in [-0.39, 0.29) is 28.8 Å². The topological polar surface area (TPSA) is 70.3 Å². The Hall–Kier alpha value is -2.44. The molecule has 0 saturated carbocycles. The predicted molar refractivity (Wildman–Crippen MR) is 64.5 cm³/mol. The third-order valence-corrected chi connectivity index (χ3v) is 2.34. The van der Waals surface area contributed by atoms with Crippen molar-refractivity contribution < 1.29 is 18.3 Å². The first-order valence-corrected chi connectivity index (χ1v) is 5.32. The van der Waals surface area contributed by atoms with Gasteiger partial charge in [-0.05, 0) is 18.2 Å². The third kappa shape index (κ3) is 2.87. The zero-order valence-corrected chi connectivity index (χ0v) is 10.0. The number of nitrogens with zero attached hydrogens (tertiary/aromatic N) is 2. The molecule has 0 aliphatic rings. The van der Waals surface area contributed by atoms with Gasteiger partial charge in [-0.25, -0.2) is 18.7 Å². The first kappa shape index (κ1) is 13.0. The summed E-state index contributed by atoms with van der Waals surface area (Å²) in [4.78, 5) is 7.70. The summed E-state index contributed by atoms with van der Waals surface area (Å²) in [6.45, 7) is 0. The maximum Gasteiger partial charge on any atom is 0.263 e. The van der Waals surface area contributed by atoms with Crippen LogP contribution in [0.3, 0.4) is 0 Å². The molecule has 0 unspecified atom stereocenters. The lowest BCUT2D eigenvalue weighted by Gasteiger charge is -2.11. The van der Waals surface area contributed by atoms with Crippen LogP contribution < -0.4 is 15.2 Å². The number of hydrogen-bond donors (Lipinski definition) is 1. The van der Waals surface area contributed by atoms with Gasteiger partial charge >= 0.3 is 0 Å². The van der Waals surface area contributed by atoms with Gasteiger partial charge in [-0.15, -0.1) is 0 Å². The van der Waals surface area contributed by atoms with Gasteiger partial charge in [0.15, 0.2) is 17.3 Å². The van der Waals surface area contributed by atoms with Gasteiger partial charge in [-0.3, -0.25) is 0 Å². The second kappa shape index (κ2) is 5.47. The average Bonchev–Trinajstić information content (AvgIpc) is 2.41. The quantitative estimate of drug-likeness (QED) is 0.922. The average molecular weight is 267 g/mol. The highest BCUT2D eigenvalue weighted by molar-refractivity contribution is 5.48. The minimum atomic E-state index is -2.58. The standard InChI is InChI=1S/C12H11F2N3O2/c1-18-9-6-7(10(13)14)2-3-8(9)19-12-11(15)16-4-5-17-12/h2-6,10H,1H3,(H2,15,16). The monoisotopic (exact) mass is 267 g/mol. The van der Waals surface area contributed by atoms with Crippen molar-refractivity contribution in [1.82, 2.24) is 9.97 Å². The molecule has 2 N–H and O–H groups in total. The van der Waals surface area contributed by atoms with Gasteiger partial charge in [0.05, 0.1) is 7.11 Å². The Morgan fingerprint density at radius 1 is 1.16 bits per heavy atom. The Bertz CT molecular complexity index is 579. The van der Waals surface area contributed by atoms with Crippen LogP contribution in [0.15, 0.2) is 30.6 Å². The van der Waals surface area contributed by atoms with Gasteiger partial charge in [0.2, 0.25) is 0 Å². The molecule has 0 saturated heterocycles. The zero-order valence-electron chi connectivity index (χ0n) is 10.0. The Morgan fingerprint density at radius 3 is 2.53 bits per heavy atom. The lowest BCUT2D eigenvalue weighted by Crippen LogP contribution is -1.99.